The lowest BCUT2D eigenvalue weighted by Crippen LogP contribution is -2.43. The summed E-state index contributed by atoms with van der Waals surface area (Å²) < 4.78 is 20.6. The molecule has 1 aromatic carbocycles. The Hall–Kier alpha value is -2.91. The van der Waals surface area contributed by atoms with E-state index in [4.69, 9.17) is 16.2 Å². The Balaban J connectivity index is 1.48. The molecule has 2 unspecified atom stereocenters. The van der Waals surface area contributed by atoms with Crippen LogP contribution in [-0.4, -0.2) is 54.1 Å². The van der Waals surface area contributed by atoms with Gasteiger partial charge in [0.05, 0.1) is 5.56 Å². The summed E-state index contributed by atoms with van der Waals surface area (Å²) in [6, 6.07) is 8.35. The van der Waals surface area contributed by atoms with Gasteiger partial charge in [0.15, 0.2) is 11.6 Å². The fourth-order valence-corrected chi connectivity index (χ4v) is 4.49. The van der Waals surface area contributed by atoms with Crippen LogP contribution in [0.15, 0.2) is 30.3 Å². The van der Waals surface area contributed by atoms with E-state index < -0.39 is 11.7 Å². The van der Waals surface area contributed by atoms with Crippen LogP contribution >= 0.6 is 0 Å². The third kappa shape index (κ3) is 6.11. The zero-order valence-corrected chi connectivity index (χ0v) is 18.9. The van der Waals surface area contributed by atoms with Crippen molar-refractivity contribution in [1.29, 1.82) is 0 Å². The number of likely N-dealkylation sites (tertiary alicyclic amines) is 1. The maximum Gasteiger partial charge on any atom is 0.252 e. The molecule has 1 aromatic heterocycles. The van der Waals surface area contributed by atoms with Crippen molar-refractivity contribution in [3.8, 4) is 5.75 Å². The van der Waals surface area contributed by atoms with E-state index in [1.54, 1.807) is 0 Å². The third-order valence-corrected chi connectivity index (χ3v) is 6.35. The highest BCUT2D eigenvalue weighted by atomic mass is 19.1. The molecule has 2 aromatic rings. The molecule has 2 fully saturated rings. The Labute approximate surface area is 193 Å². The number of ether oxygens (including phenoxy) is 1. The monoisotopic (exact) mass is 456 g/mol. The minimum absolute atomic E-state index is 0.0219. The van der Waals surface area contributed by atoms with E-state index in [0.717, 1.165) is 51.4 Å². The predicted octanol–water partition coefficient (Wildman–Crippen LogP) is 3.22. The molecule has 2 heterocycles. The number of amides is 1. The zero-order chi connectivity index (χ0) is 23.2. The maximum atomic E-state index is 14.7. The molecular formula is C24H33FN6O2. The van der Waals surface area contributed by atoms with Gasteiger partial charge in [0.25, 0.3) is 5.91 Å². The summed E-state index contributed by atoms with van der Waals surface area (Å²) >= 11 is 0. The van der Waals surface area contributed by atoms with Crippen LogP contribution in [0.3, 0.4) is 0 Å². The second kappa shape index (κ2) is 10.8. The topological polar surface area (TPSA) is 119 Å². The quantitative estimate of drug-likeness (QED) is 0.457. The molecule has 1 aliphatic carbocycles. The van der Waals surface area contributed by atoms with Crippen LogP contribution in [0, 0.1) is 5.82 Å². The van der Waals surface area contributed by atoms with E-state index in [2.05, 4.69) is 20.5 Å². The highest BCUT2D eigenvalue weighted by molar-refractivity contribution is 5.98. The van der Waals surface area contributed by atoms with Crippen molar-refractivity contribution in [3.63, 3.8) is 0 Å². The SMILES string of the molecule is NC(=O)c1cc(F)c(NC2CCCCC2N)nc1Nc1cccc(OCCN2CCCC2)c1. The van der Waals surface area contributed by atoms with Crippen molar-refractivity contribution in [2.45, 2.75) is 50.6 Å². The van der Waals surface area contributed by atoms with E-state index in [-0.39, 0.29) is 29.3 Å². The van der Waals surface area contributed by atoms with Crippen LogP contribution in [0.1, 0.15) is 48.9 Å². The molecule has 2 aliphatic rings. The first-order chi connectivity index (χ1) is 16.0. The van der Waals surface area contributed by atoms with Crippen molar-refractivity contribution < 1.29 is 13.9 Å². The summed E-state index contributed by atoms with van der Waals surface area (Å²) in [5.41, 5.74) is 12.3. The van der Waals surface area contributed by atoms with Crippen LogP contribution in [0.25, 0.3) is 0 Å². The Kier molecular flexibility index (Phi) is 7.61. The van der Waals surface area contributed by atoms with Gasteiger partial charge in [-0.1, -0.05) is 18.9 Å². The van der Waals surface area contributed by atoms with Gasteiger partial charge in [-0.05, 0) is 57.0 Å². The first kappa shape index (κ1) is 23.3. The molecular weight excluding hydrogens is 423 g/mol. The zero-order valence-electron chi connectivity index (χ0n) is 18.9. The second-order valence-electron chi connectivity index (χ2n) is 8.83. The normalized spacial score (nSPS) is 21.0. The minimum atomic E-state index is -0.761. The summed E-state index contributed by atoms with van der Waals surface area (Å²) in [6.07, 6.45) is 6.32. The molecule has 1 aliphatic heterocycles. The fourth-order valence-electron chi connectivity index (χ4n) is 4.49. The summed E-state index contributed by atoms with van der Waals surface area (Å²) in [7, 11) is 0. The van der Waals surface area contributed by atoms with Gasteiger partial charge in [-0.3, -0.25) is 9.69 Å². The largest absolute Gasteiger partial charge is 0.492 e. The number of benzene rings is 1. The number of anilines is 3. The Morgan fingerprint density at radius 2 is 1.94 bits per heavy atom. The van der Waals surface area contributed by atoms with Crippen LogP contribution in [0.2, 0.25) is 0 Å². The van der Waals surface area contributed by atoms with Crippen molar-refractivity contribution in [1.82, 2.24) is 9.88 Å². The number of pyridine rings is 1. The highest BCUT2D eigenvalue weighted by Gasteiger charge is 2.24. The highest BCUT2D eigenvalue weighted by Crippen LogP contribution is 2.28. The van der Waals surface area contributed by atoms with Crippen molar-refractivity contribution in [3.05, 3.63) is 41.7 Å². The Morgan fingerprint density at radius 3 is 2.70 bits per heavy atom. The number of aromatic nitrogens is 1. The van der Waals surface area contributed by atoms with Gasteiger partial charge in [-0.2, -0.15) is 0 Å². The van der Waals surface area contributed by atoms with Gasteiger partial charge >= 0.3 is 0 Å². The van der Waals surface area contributed by atoms with Gasteiger partial charge < -0.3 is 26.8 Å². The van der Waals surface area contributed by atoms with Crippen molar-refractivity contribution >= 4 is 23.2 Å². The standard InChI is InChI=1S/C24H33FN6O2/c25-19-15-18(22(27)32)23(30-24(19)29-21-9-2-1-8-20(21)26)28-16-6-5-7-17(14-16)33-13-12-31-10-3-4-11-31/h5-7,14-15,20-21H,1-4,8-13,26H2,(H2,27,32)(H2,28,29,30). The van der Waals surface area contributed by atoms with E-state index in [1.165, 1.54) is 12.8 Å². The van der Waals surface area contributed by atoms with Gasteiger partial charge in [0.1, 0.15) is 18.2 Å². The maximum absolute atomic E-state index is 14.7. The lowest BCUT2D eigenvalue weighted by molar-refractivity contribution is 0.100. The van der Waals surface area contributed by atoms with E-state index in [9.17, 15) is 9.18 Å². The predicted molar refractivity (Wildman–Crippen MR) is 127 cm³/mol. The molecule has 178 valence electrons. The molecule has 0 bridgehead atoms. The lowest BCUT2D eigenvalue weighted by Gasteiger charge is -2.30. The average Bonchev–Trinajstić information content (AvgIpc) is 3.31. The molecule has 9 heteroatoms. The number of primary amides is 1. The number of rotatable bonds is 9. The number of carbonyl (C=O) groups excluding carboxylic acids is 1. The molecule has 33 heavy (non-hydrogen) atoms. The molecule has 0 radical (unpaired) electrons. The van der Waals surface area contributed by atoms with Crippen LogP contribution in [0.4, 0.5) is 21.7 Å². The molecule has 0 spiro atoms. The first-order valence-corrected chi connectivity index (χ1v) is 11.7. The second-order valence-corrected chi connectivity index (χ2v) is 8.83. The van der Waals surface area contributed by atoms with Gasteiger partial charge in [0, 0.05) is 30.4 Å². The Morgan fingerprint density at radius 1 is 1.15 bits per heavy atom. The van der Waals surface area contributed by atoms with Crippen LogP contribution in [-0.2, 0) is 0 Å². The number of halogens is 1. The van der Waals surface area contributed by atoms with Crippen molar-refractivity contribution in [2.24, 2.45) is 11.5 Å². The van der Waals surface area contributed by atoms with E-state index in [0.29, 0.717) is 18.0 Å². The number of nitrogens with zero attached hydrogens (tertiary/aromatic N) is 2. The summed E-state index contributed by atoms with van der Waals surface area (Å²) in [5.74, 6) is -0.449. The number of nitrogens with one attached hydrogen (secondary N) is 2. The molecule has 6 N–H and O–H groups in total. The number of hydrogen-bond acceptors (Lipinski definition) is 7. The average molecular weight is 457 g/mol. The fraction of sp³-hybridized carbons (Fsp3) is 0.500. The lowest BCUT2D eigenvalue weighted by atomic mass is 9.91. The number of hydrogen-bond donors (Lipinski definition) is 4. The summed E-state index contributed by atoms with van der Waals surface area (Å²) in [5, 5.41) is 6.23. The summed E-state index contributed by atoms with van der Waals surface area (Å²) in [4.78, 5) is 18.7. The smallest absolute Gasteiger partial charge is 0.252 e. The number of carbonyl (C=O) groups is 1. The molecule has 1 saturated heterocycles. The van der Waals surface area contributed by atoms with E-state index >= 15 is 0 Å². The minimum Gasteiger partial charge on any atom is -0.492 e. The van der Waals surface area contributed by atoms with Crippen LogP contribution in [0.5, 0.6) is 5.75 Å². The summed E-state index contributed by atoms with van der Waals surface area (Å²) in [6.45, 7) is 3.74. The van der Waals surface area contributed by atoms with Crippen molar-refractivity contribution in [2.75, 3.05) is 36.9 Å². The van der Waals surface area contributed by atoms with Crippen LogP contribution < -0.4 is 26.8 Å². The van der Waals surface area contributed by atoms with Gasteiger partial charge in [-0.15, -0.1) is 0 Å². The molecule has 2 atom stereocenters. The van der Waals surface area contributed by atoms with Gasteiger partial charge in [-0.25, -0.2) is 9.37 Å². The first-order valence-electron chi connectivity index (χ1n) is 11.7. The molecule has 1 amide bonds. The van der Waals surface area contributed by atoms with Gasteiger partial charge in [0.2, 0.25) is 0 Å². The molecule has 8 nitrogen and oxygen atoms in total. The third-order valence-electron chi connectivity index (χ3n) is 6.35. The Bertz CT molecular complexity index is 966. The van der Waals surface area contributed by atoms with E-state index in [1.807, 2.05) is 24.3 Å². The number of nitrogens with two attached hydrogens (primary N) is 2. The molecule has 1 saturated carbocycles. The molecule has 4 rings (SSSR count).